The second-order valence-corrected chi connectivity index (χ2v) is 7.36. The van der Waals surface area contributed by atoms with Gasteiger partial charge in [-0.15, -0.1) is 0 Å². The van der Waals surface area contributed by atoms with Crippen molar-refractivity contribution in [2.75, 3.05) is 13.1 Å². The Balaban J connectivity index is 1.68. The van der Waals surface area contributed by atoms with Gasteiger partial charge in [-0.2, -0.15) is 5.10 Å². The van der Waals surface area contributed by atoms with E-state index in [9.17, 15) is 9.90 Å². The third-order valence-electron chi connectivity index (χ3n) is 5.40. The molecule has 26 heavy (non-hydrogen) atoms. The minimum atomic E-state index is -0.982. The Bertz CT molecular complexity index is 762. The summed E-state index contributed by atoms with van der Waals surface area (Å²) < 4.78 is 1.89. The highest BCUT2D eigenvalue weighted by molar-refractivity contribution is 6.31. The minimum Gasteiger partial charge on any atom is -0.385 e. The molecule has 1 N–H and O–H groups in total. The molecule has 0 spiro atoms. The number of hydrogen-bond donors (Lipinski definition) is 1. The van der Waals surface area contributed by atoms with Crippen molar-refractivity contribution in [1.82, 2.24) is 14.7 Å². The summed E-state index contributed by atoms with van der Waals surface area (Å²) in [6.45, 7) is 5.21. The molecule has 0 aliphatic carbocycles. The Hall–Kier alpha value is -1.85. The van der Waals surface area contributed by atoms with E-state index >= 15 is 0 Å². The Morgan fingerprint density at radius 1 is 1.23 bits per heavy atom. The number of nitrogens with zero attached hydrogens (tertiary/aromatic N) is 3. The van der Waals surface area contributed by atoms with Crippen LogP contribution in [0.25, 0.3) is 0 Å². The monoisotopic (exact) mass is 375 g/mol. The van der Waals surface area contributed by atoms with Crippen LogP contribution >= 0.6 is 11.6 Å². The van der Waals surface area contributed by atoms with E-state index in [1.54, 1.807) is 17.0 Å². The first-order valence-electron chi connectivity index (χ1n) is 9.30. The van der Waals surface area contributed by atoms with Crippen LogP contribution in [0.4, 0.5) is 0 Å². The van der Waals surface area contributed by atoms with E-state index in [1.165, 1.54) is 0 Å². The van der Waals surface area contributed by atoms with Gasteiger partial charge in [0.1, 0.15) is 5.69 Å². The first kappa shape index (κ1) is 18.9. The van der Waals surface area contributed by atoms with Gasteiger partial charge in [0.2, 0.25) is 0 Å². The molecule has 1 aliphatic heterocycles. The van der Waals surface area contributed by atoms with Crippen LogP contribution in [0.1, 0.15) is 61.6 Å². The van der Waals surface area contributed by atoms with Crippen LogP contribution in [0.2, 0.25) is 5.02 Å². The summed E-state index contributed by atoms with van der Waals surface area (Å²) in [5.41, 5.74) is 0.233. The zero-order valence-electron chi connectivity index (χ0n) is 15.4. The maximum Gasteiger partial charge on any atom is 0.274 e. The molecule has 0 radical (unpaired) electrons. The topological polar surface area (TPSA) is 58.4 Å². The van der Waals surface area contributed by atoms with Gasteiger partial charge in [0.05, 0.1) is 11.6 Å². The van der Waals surface area contributed by atoms with Crippen molar-refractivity contribution in [3.05, 3.63) is 52.8 Å². The van der Waals surface area contributed by atoms with Crippen molar-refractivity contribution in [3.63, 3.8) is 0 Å². The molecule has 1 aliphatic rings. The quantitative estimate of drug-likeness (QED) is 0.858. The SMILES string of the molecule is CCC(CC)n1ccc(C(=O)N2CCC(O)(c3ccccc3Cl)CC2)n1. The molecular weight excluding hydrogens is 350 g/mol. The number of carbonyl (C=O) groups is 1. The molecule has 1 aromatic heterocycles. The molecule has 3 rings (SSSR count). The van der Waals surface area contributed by atoms with Gasteiger partial charge in [-0.3, -0.25) is 9.48 Å². The van der Waals surface area contributed by atoms with Crippen molar-refractivity contribution < 1.29 is 9.90 Å². The number of carbonyl (C=O) groups excluding carboxylic acids is 1. The lowest BCUT2D eigenvalue weighted by Gasteiger charge is -2.38. The van der Waals surface area contributed by atoms with Gasteiger partial charge >= 0.3 is 0 Å². The molecule has 2 aromatic rings. The zero-order chi connectivity index (χ0) is 18.7. The second kappa shape index (κ2) is 7.80. The first-order chi connectivity index (χ1) is 12.5. The highest BCUT2D eigenvalue weighted by Crippen LogP contribution is 2.36. The lowest BCUT2D eigenvalue weighted by atomic mass is 9.84. The number of amides is 1. The highest BCUT2D eigenvalue weighted by atomic mass is 35.5. The van der Waals surface area contributed by atoms with Crippen LogP contribution in [-0.2, 0) is 5.60 Å². The smallest absolute Gasteiger partial charge is 0.274 e. The van der Waals surface area contributed by atoms with Gasteiger partial charge in [0.25, 0.3) is 5.91 Å². The summed E-state index contributed by atoms with van der Waals surface area (Å²) in [5.74, 6) is -0.0732. The Kier molecular flexibility index (Phi) is 5.68. The van der Waals surface area contributed by atoms with Crippen molar-refractivity contribution >= 4 is 17.5 Å². The standard InChI is InChI=1S/C20H26ClN3O2/c1-3-15(4-2)24-12-9-18(22-24)19(25)23-13-10-20(26,11-14-23)16-7-5-6-8-17(16)21/h5-9,12,15,26H,3-4,10-11,13-14H2,1-2H3. The van der Waals surface area contributed by atoms with Crippen molar-refractivity contribution in [3.8, 4) is 0 Å². The molecule has 2 heterocycles. The number of halogens is 1. The number of likely N-dealkylation sites (tertiary alicyclic amines) is 1. The van der Waals surface area contributed by atoms with Crippen LogP contribution < -0.4 is 0 Å². The van der Waals surface area contributed by atoms with Crippen molar-refractivity contribution in [2.45, 2.75) is 51.2 Å². The number of benzene rings is 1. The summed E-state index contributed by atoms with van der Waals surface area (Å²) in [6.07, 6.45) is 4.79. The van der Waals surface area contributed by atoms with Gasteiger partial charge in [0.15, 0.2) is 0 Å². The molecule has 1 aromatic carbocycles. The molecule has 0 unspecified atom stereocenters. The number of aliphatic hydroxyl groups is 1. The van der Waals surface area contributed by atoms with Gasteiger partial charge in [-0.25, -0.2) is 0 Å². The second-order valence-electron chi connectivity index (χ2n) is 6.95. The summed E-state index contributed by atoms with van der Waals surface area (Å²) in [5, 5.41) is 16.0. The third-order valence-corrected chi connectivity index (χ3v) is 5.73. The molecule has 0 bridgehead atoms. The summed E-state index contributed by atoms with van der Waals surface area (Å²) in [4.78, 5) is 14.5. The Labute approximate surface area is 159 Å². The fourth-order valence-corrected chi connectivity index (χ4v) is 3.98. The molecular formula is C20H26ClN3O2. The van der Waals surface area contributed by atoms with E-state index in [2.05, 4.69) is 18.9 Å². The van der Waals surface area contributed by atoms with Crippen LogP contribution in [0.15, 0.2) is 36.5 Å². The predicted octanol–water partition coefficient (Wildman–Crippen LogP) is 4.02. The average molecular weight is 376 g/mol. The van der Waals surface area contributed by atoms with Crippen molar-refractivity contribution in [1.29, 1.82) is 0 Å². The fourth-order valence-electron chi connectivity index (χ4n) is 3.67. The first-order valence-corrected chi connectivity index (χ1v) is 9.68. The Morgan fingerprint density at radius 2 is 1.88 bits per heavy atom. The minimum absolute atomic E-state index is 0.0732. The van der Waals surface area contributed by atoms with Crippen LogP contribution in [-0.4, -0.2) is 38.8 Å². The van der Waals surface area contributed by atoms with E-state index < -0.39 is 5.60 Å². The average Bonchev–Trinajstić information content (AvgIpc) is 3.13. The number of aromatic nitrogens is 2. The van der Waals surface area contributed by atoms with Gasteiger partial charge < -0.3 is 10.0 Å². The zero-order valence-corrected chi connectivity index (χ0v) is 16.1. The largest absolute Gasteiger partial charge is 0.385 e. The number of hydrogen-bond acceptors (Lipinski definition) is 3. The highest BCUT2D eigenvalue weighted by Gasteiger charge is 2.37. The van der Waals surface area contributed by atoms with Gasteiger partial charge in [-0.1, -0.05) is 43.6 Å². The van der Waals surface area contributed by atoms with Crippen molar-refractivity contribution in [2.24, 2.45) is 0 Å². The maximum absolute atomic E-state index is 12.8. The van der Waals surface area contributed by atoms with Gasteiger partial charge in [0, 0.05) is 29.9 Å². The summed E-state index contributed by atoms with van der Waals surface area (Å²) >= 11 is 6.25. The molecule has 1 amide bonds. The summed E-state index contributed by atoms with van der Waals surface area (Å²) in [6, 6.07) is 9.48. The van der Waals surface area contributed by atoms with Crippen LogP contribution in [0.3, 0.4) is 0 Å². The maximum atomic E-state index is 12.8. The molecule has 0 atom stereocenters. The predicted molar refractivity (Wildman–Crippen MR) is 102 cm³/mol. The van der Waals surface area contributed by atoms with E-state index in [4.69, 9.17) is 11.6 Å². The van der Waals surface area contributed by atoms with E-state index in [-0.39, 0.29) is 5.91 Å². The molecule has 1 fully saturated rings. The molecule has 0 saturated carbocycles. The van der Waals surface area contributed by atoms with Crippen LogP contribution in [0, 0.1) is 0 Å². The molecule has 6 heteroatoms. The normalized spacial score (nSPS) is 16.9. The molecule has 1 saturated heterocycles. The molecule has 5 nitrogen and oxygen atoms in total. The summed E-state index contributed by atoms with van der Waals surface area (Å²) in [7, 11) is 0. The van der Waals surface area contributed by atoms with E-state index in [0.29, 0.717) is 42.7 Å². The van der Waals surface area contributed by atoms with E-state index in [0.717, 1.165) is 18.4 Å². The number of rotatable bonds is 5. The third kappa shape index (κ3) is 3.64. The lowest BCUT2D eigenvalue weighted by molar-refractivity contribution is -0.0212. The lowest BCUT2D eigenvalue weighted by Crippen LogP contribution is -2.45. The molecule has 140 valence electrons. The van der Waals surface area contributed by atoms with Crippen LogP contribution in [0.5, 0.6) is 0 Å². The number of piperidine rings is 1. The Morgan fingerprint density at radius 3 is 2.50 bits per heavy atom. The van der Waals surface area contributed by atoms with Gasteiger partial charge in [-0.05, 0) is 37.8 Å². The van der Waals surface area contributed by atoms with E-state index in [1.807, 2.05) is 29.1 Å². The fraction of sp³-hybridized carbons (Fsp3) is 0.500.